The third-order valence-corrected chi connectivity index (χ3v) is 4.30. The summed E-state index contributed by atoms with van der Waals surface area (Å²) >= 11 is 8.65. The predicted octanol–water partition coefficient (Wildman–Crippen LogP) is 3.48. The van der Waals surface area contributed by atoms with Crippen molar-refractivity contribution >= 4 is 34.2 Å². The molecule has 3 nitrogen and oxygen atoms in total. The number of rotatable bonds is 4. The summed E-state index contributed by atoms with van der Waals surface area (Å²) in [5.41, 5.74) is 9.35. The molecule has 2 rings (SSSR count). The van der Waals surface area contributed by atoms with Gasteiger partial charge in [0, 0.05) is 23.1 Å². The topological polar surface area (TPSA) is 43.8 Å². The van der Waals surface area contributed by atoms with Crippen LogP contribution in [0, 0.1) is 3.57 Å². The van der Waals surface area contributed by atoms with Gasteiger partial charge in [0.1, 0.15) is 0 Å². The molecular formula is C14H17ClIN3. The van der Waals surface area contributed by atoms with E-state index in [2.05, 4.69) is 52.8 Å². The van der Waals surface area contributed by atoms with Gasteiger partial charge in [-0.1, -0.05) is 30.7 Å². The Labute approximate surface area is 132 Å². The maximum Gasteiger partial charge on any atom is 0.0850 e. The molecule has 2 aromatic rings. The van der Waals surface area contributed by atoms with Gasteiger partial charge in [0.05, 0.1) is 16.4 Å². The molecule has 0 spiro atoms. The molecule has 2 N–H and O–H groups in total. The molecule has 5 heteroatoms. The molecule has 1 unspecified atom stereocenters. The Morgan fingerprint density at radius 3 is 2.79 bits per heavy atom. The highest BCUT2D eigenvalue weighted by atomic mass is 127. The number of nitrogens with two attached hydrogens (primary N) is 1. The minimum atomic E-state index is -0.0627. The first-order valence-electron chi connectivity index (χ1n) is 6.24. The lowest BCUT2D eigenvalue weighted by atomic mass is 10.0. The summed E-state index contributed by atoms with van der Waals surface area (Å²) in [6.45, 7) is 2.05. The number of hydrogen-bond donors (Lipinski definition) is 1. The second-order valence-electron chi connectivity index (χ2n) is 4.55. The maximum atomic E-state index is 6.35. The van der Waals surface area contributed by atoms with Crippen LogP contribution in [0.15, 0.2) is 24.3 Å². The van der Waals surface area contributed by atoms with Crippen molar-refractivity contribution in [3.63, 3.8) is 0 Å². The number of nitrogens with zero attached hydrogens (tertiary/aromatic N) is 2. The normalized spacial score (nSPS) is 12.7. The molecule has 0 aliphatic rings. The summed E-state index contributed by atoms with van der Waals surface area (Å²) in [5.74, 6) is 0. The minimum absolute atomic E-state index is 0.0627. The summed E-state index contributed by atoms with van der Waals surface area (Å²) in [6.07, 6.45) is 1.54. The van der Waals surface area contributed by atoms with Crippen LogP contribution in [0.5, 0.6) is 0 Å². The standard InChI is InChI=1S/C14H17ClIN3/c1-3-12-14(15)13(19(2)18-12)8-11(17)9-5-4-6-10(16)7-9/h4-7,11H,3,8,17H2,1-2H3. The Morgan fingerprint density at radius 2 is 2.21 bits per heavy atom. The van der Waals surface area contributed by atoms with E-state index in [1.165, 1.54) is 3.57 Å². The van der Waals surface area contributed by atoms with Crippen molar-refractivity contribution in [2.75, 3.05) is 0 Å². The molecule has 1 aromatic heterocycles. The third kappa shape index (κ3) is 3.30. The molecule has 0 aliphatic heterocycles. The average Bonchev–Trinajstić information content (AvgIpc) is 2.66. The summed E-state index contributed by atoms with van der Waals surface area (Å²) in [7, 11) is 1.92. The van der Waals surface area contributed by atoms with E-state index in [9.17, 15) is 0 Å². The van der Waals surface area contributed by atoms with Gasteiger partial charge in [-0.15, -0.1) is 0 Å². The smallest absolute Gasteiger partial charge is 0.0850 e. The lowest BCUT2D eigenvalue weighted by Gasteiger charge is -2.13. The van der Waals surface area contributed by atoms with E-state index < -0.39 is 0 Å². The van der Waals surface area contributed by atoms with Crippen LogP contribution >= 0.6 is 34.2 Å². The number of benzene rings is 1. The monoisotopic (exact) mass is 389 g/mol. The van der Waals surface area contributed by atoms with Gasteiger partial charge in [-0.2, -0.15) is 5.10 Å². The van der Waals surface area contributed by atoms with Crippen LogP contribution in [0.4, 0.5) is 0 Å². The van der Waals surface area contributed by atoms with Gasteiger partial charge >= 0.3 is 0 Å². The van der Waals surface area contributed by atoms with E-state index in [0.717, 1.165) is 28.4 Å². The Morgan fingerprint density at radius 1 is 1.47 bits per heavy atom. The van der Waals surface area contributed by atoms with E-state index >= 15 is 0 Å². The molecule has 0 saturated carbocycles. The van der Waals surface area contributed by atoms with Crippen LogP contribution in [0.3, 0.4) is 0 Å². The first-order chi connectivity index (χ1) is 9.02. The molecule has 0 bridgehead atoms. The van der Waals surface area contributed by atoms with Gasteiger partial charge in [-0.05, 0) is 46.7 Å². The fourth-order valence-electron chi connectivity index (χ4n) is 2.10. The van der Waals surface area contributed by atoms with Crippen LogP contribution in [0.25, 0.3) is 0 Å². The molecule has 0 saturated heterocycles. The second kappa shape index (κ2) is 6.24. The van der Waals surface area contributed by atoms with Crippen molar-refractivity contribution in [1.82, 2.24) is 9.78 Å². The van der Waals surface area contributed by atoms with Crippen LogP contribution < -0.4 is 5.73 Å². The molecule has 19 heavy (non-hydrogen) atoms. The zero-order chi connectivity index (χ0) is 14.0. The van der Waals surface area contributed by atoms with E-state index in [-0.39, 0.29) is 6.04 Å². The van der Waals surface area contributed by atoms with Gasteiger partial charge in [0.15, 0.2) is 0 Å². The largest absolute Gasteiger partial charge is 0.324 e. The lowest BCUT2D eigenvalue weighted by molar-refractivity contribution is 0.638. The third-order valence-electron chi connectivity index (χ3n) is 3.19. The van der Waals surface area contributed by atoms with Gasteiger partial charge in [0.25, 0.3) is 0 Å². The van der Waals surface area contributed by atoms with Crippen LogP contribution in [0.1, 0.15) is 29.9 Å². The zero-order valence-electron chi connectivity index (χ0n) is 11.0. The highest BCUT2D eigenvalue weighted by Crippen LogP contribution is 2.25. The minimum Gasteiger partial charge on any atom is -0.324 e. The fourth-order valence-corrected chi connectivity index (χ4v) is 3.04. The Hall–Kier alpha value is -0.590. The van der Waals surface area contributed by atoms with E-state index in [4.69, 9.17) is 17.3 Å². The lowest BCUT2D eigenvalue weighted by Crippen LogP contribution is -2.15. The summed E-state index contributed by atoms with van der Waals surface area (Å²) in [6, 6.07) is 8.18. The van der Waals surface area contributed by atoms with Gasteiger partial charge < -0.3 is 5.73 Å². The van der Waals surface area contributed by atoms with Crippen molar-refractivity contribution in [1.29, 1.82) is 0 Å². The molecule has 1 heterocycles. The zero-order valence-corrected chi connectivity index (χ0v) is 13.9. The van der Waals surface area contributed by atoms with E-state index in [1.807, 2.05) is 17.8 Å². The predicted molar refractivity (Wildman–Crippen MR) is 87.4 cm³/mol. The second-order valence-corrected chi connectivity index (χ2v) is 6.17. The molecule has 0 radical (unpaired) electrons. The Kier molecular flexibility index (Phi) is 4.86. The first kappa shape index (κ1) is 14.8. The molecule has 0 aliphatic carbocycles. The Balaban J connectivity index is 2.24. The van der Waals surface area contributed by atoms with Gasteiger partial charge in [0.2, 0.25) is 0 Å². The molecule has 1 atom stereocenters. The highest BCUT2D eigenvalue weighted by Gasteiger charge is 2.16. The first-order valence-corrected chi connectivity index (χ1v) is 7.69. The number of halogens is 2. The SMILES string of the molecule is CCc1nn(C)c(CC(N)c2cccc(I)c2)c1Cl. The number of aryl methyl sites for hydroxylation is 2. The van der Waals surface area contributed by atoms with Crippen molar-refractivity contribution in [2.45, 2.75) is 25.8 Å². The van der Waals surface area contributed by atoms with Crippen LogP contribution in [-0.4, -0.2) is 9.78 Å². The van der Waals surface area contributed by atoms with Gasteiger partial charge in [-0.25, -0.2) is 0 Å². The van der Waals surface area contributed by atoms with Crippen molar-refractivity contribution < 1.29 is 0 Å². The van der Waals surface area contributed by atoms with Crippen molar-refractivity contribution in [3.05, 3.63) is 49.8 Å². The van der Waals surface area contributed by atoms with Crippen molar-refractivity contribution in [3.8, 4) is 0 Å². The molecular weight excluding hydrogens is 373 g/mol. The van der Waals surface area contributed by atoms with Crippen LogP contribution in [-0.2, 0) is 19.9 Å². The average molecular weight is 390 g/mol. The molecule has 1 aromatic carbocycles. The quantitative estimate of drug-likeness (QED) is 0.814. The Bertz CT molecular complexity index is 580. The summed E-state index contributed by atoms with van der Waals surface area (Å²) in [5, 5.41) is 5.18. The summed E-state index contributed by atoms with van der Waals surface area (Å²) in [4.78, 5) is 0. The van der Waals surface area contributed by atoms with E-state index in [0.29, 0.717) is 6.42 Å². The van der Waals surface area contributed by atoms with Gasteiger partial charge in [-0.3, -0.25) is 4.68 Å². The maximum absolute atomic E-state index is 6.35. The van der Waals surface area contributed by atoms with E-state index in [1.54, 1.807) is 0 Å². The molecule has 0 fully saturated rings. The number of aromatic nitrogens is 2. The summed E-state index contributed by atoms with van der Waals surface area (Å²) < 4.78 is 3.03. The fraction of sp³-hybridized carbons (Fsp3) is 0.357. The molecule has 0 amide bonds. The molecule has 102 valence electrons. The van der Waals surface area contributed by atoms with Crippen molar-refractivity contribution in [2.24, 2.45) is 12.8 Å². The van der Waals surface area contributed by atoms with Crippen LogP contribution in [0.2, 0.25) is 5.02 Å². The number of hydrogen-bond acceptors (Lipinski definition) is 2. The highest BCUT2D eigenvalue weighted by molar-refractivity contribution is 14.1.